The second kappa shape index (κ2) is 6.59. The van der Waals surface area contributed by atoms with Crippen LogP contribution in [0.15, 0.2) is 23.1 Å². The molecule has 0 aromatic heterocycles. The highest BCUT2D eigenvalue weighted by Crippen LogP contribution is 2.41. The number of aliphatic hydroxyl groups is 1. The number of hydrogen-bond donors (Lipinski definition) is 1. The quantitative estimate of drug-likeness (QED) is 0.352. The number of fused-ring (bicyclic) bond motifs is 1. The molecule has 2 aromatic rings. The highest BCUT2D eigenvalue weighted by Gasteiger charge is 2.35. The van der Waals surface area contributed by atoms with E-state index in [1.165, 1.54) is 6.07 Å². The lowest BCUT2D eigenvalue weighted by Crippen LogP contribution is -2.34. The van der Waals surface area contributed by atoms with Crippen LogP contribution in [0.5, 0.6) is 11.5 Å². The third kappa shape index (κ3) is 3.39. The zero-order valence-electron chi connectivity index (χ0n) is 14.4. The van der Waals surface area contributed by atoms with Crippen molar-refractivity contribution in [1.29, 1.82) is 0 Å². The summed E-state index contributed by atoms with van der Waals surface area (Å²) < 4.78 is 101. The van der Waals surface area contributed by atoms with Crippen molar-refractivity contribution in [3.8, 4) is 11.5 Å². The number of hydrogen-bond acceptors (Lipinski definition) is 5. The average molecular weight is 424 g/mol. The van der Waals surface area contributed by atoms with Gasteiger partial charge < -0.3 is 14.0 Å². The van der Waals surface area contributed by atoms with Crippen molar-refractivity contribution >= 4 is 10.1 Å². The summed E-state index contributed by atoms with van der Waals surface area (Å²) in [6.45, 7) is 3.29. The monoisotopic (exact) mass is 424 g/mol. The van der Waals surface area contributed by atoms with Crippen LogP contribution in [0.4, 0.5) is 22.0 Å². The molecule has 1 N–H and O–H groups in total. The Bertz CT molecular complexity index is 1040. The summed E-state index contributed by atoms with van der Waals surface area (Å²) in [5.41, 5.74) is -0.564. The second-order valence-electron chi connectivity index (χ2n) is 6.72. The number of halogens is 5. The van der Waals surface area contributed by atoms with E-state index in [-0.39, 0.29) is 17.7 Å². The molecule has 5 nitrogen and oxygen atoms in total. The topological polar surface area (TPSA) is 72.8 Å². The van der Waals surface area contributed by atoms with E-state index in [1.54, 1.807) is 13.8 Å². The molecule has 1 atom stereocenters. The molecule has 0 saturated heterocycles. The van der Waals surface area contributed by atoms with Crippen molar-refractivity contribution in [2.45, 2.75) is 36.9 Å². The molecule has 1 heterocycles. The normalized spacial score (nSPS) is 18.4. The van der Waals surface area contributed by atoms with Crippen LogP contribution in [-0.2, 0) is 10.1 Å². The van der Waals surface area contributed by atoms with E-state index in [0.717, 1.165) is 12.1 Å². The molecule has 1 aliphatic rings. The Hall–Kier alpha value is -2.40. The van der Waals surface area contributed by atoms with Gasteiger partial charge in [-0.25, -0.2) is 13.2 Å². The SMILES string of the molecule is CC1(C)C[C@@H](O)c2ccc(S(=O)(=O)Oc3c(F)c(F)c(F)c(F)c3F)cc2O1. The molecule has 0 bridgehead atoms. The van der Waals surface area contributed by atoms with Gasteiger partial charge >= 0.3 is 10.1 Å². The number of ether oxygens (including phenoxy) is 1. The van der Waals surface area contributed by atoms with Gasteiger partial charge in [-0.3, -0.25) is 0 Å². The Morgan fingerprint density at radius 1 is 1.04 bits per heavy atom. The molecule has 2 aromatic carbocycles. The Morgan fingerprint density at radius 3 is 2.14 bits per heavy atom. The molecule has 0 spiro atoms. The fourth-order valence-electron chi connectivity index (χ4n) is 2.76. The van der Waals surface area contributed by atoms with E-state index < -0.39 is 61.6 Å². The van der Waals surface area contributed by atoms with E-state index in [9.17, 15) is 35.5 Å². The van der Waals surface area contributed by atoms with Crippen LogP contribution < -0.4 is 8.92 Å². The van der Waals surface area contributed by atoms with Crippen LogP contribution in [0.2, 0.25) is 0 Å². The molecular weight excluding hydrogens is 411 g/mol. The lowest BCUT2D eigenvalue weighted by molar-refractivity contribution is 0.0112. The maximum Gasteiger partial charge on any atom is 0.339 e. The van der Waals surface area contributed by atoms with Crippen LogP contribution in [0, 0.1) is 29.1 Å². The summed E-state index contributed by atoms with van der Waals surface area (Å²) in [7, 11) is -4.99. The third-order valence-corrected chi connectivity index (χ3v) is 5.28. The van der Waals surface area contributed by atoms with Crippen LogP contribution in [0.3, 0.4) is 0 Å². The second-order valence-corrected chi connectivity index (χ2v) is 8.26. The molecule has 0 unspecified atom stereocenters. The van der Waals surface area contributed by atoms with Gasteiger partial charge in [0.25, 0.3) is 0 Å². The van der Waals surface area contributed by atoms with Gasteiger partial charge in [-0.05, 0) is 19.9 Å². The maximum absolute atomic E-state index is 13.7. The fourth-order valence-corrected chi connectivity index (χ4v) is 3.71. The Morgan fingerprint density at radius 2 is 1.57 bits per heavy atom. The zero-order valence-corrected chi connectivity index (χ0v) is 15.2. The third-order valence-electron chi connectivity index (χ3n) is 4.07. The lowest BCUT2D eigenvalue weighted by Gasteiger charge is -2.35. The van der Waals surface area contributed by atoms with Gasteiger partial charge in [0.2, 0.25) is 34.8 Å². The molecule has 0 aliphatic carbocycles. The summed E-state index contributed by atoms with van der Waals surface area (Å²) in [4.78, 5) is -0.667. The van der Waals surface area contributed by atoms with Crippen molar-refractivity contribution in [2.75, 3.05) is 0 Å². The number of rotatable bonds is 3. The molecule has 0 amide bonds. The number of benzene rings is 2. The molecule has 0 saturated carbocycles. The summed E-state index contributed by atoms with van der Waals surface area (Å²) in [6.07, 6.45) is -0.723. The number of aliphatic hydroxyl groups excluding tert-OH is 1. The molecular formula is C17H13F5O5S. The minimum absolute atomic E-state index is 0.0224. The molecule has 28 heavy (non-hydrogen) atoms. The predicted octanol–water partition coefficient (Wildman–Crippen LogP) is 3.74. The standard InChI is InChI=1S/C17H13F5O5S/c1-17(2)6-9(23)8-4-3-7(5-10(8)26-17)28(24,25)27-16-14(21)12(19)11(18)13(20)15(16)22/h3-5,9,23H,6H2,1-2H3/t9-/m1/s1. The summed E-state index contributed by atoms with van der Waals surface area (Å²) in [6, 6.07) is 3.08. The van der Waals surface area contributed by atoms with Crippen LogP contribution in [0.1, 0.15) is 31.9 Å². The molecule has 0 fully saturated rings. The minimum atomic E-state index is -4.99. The largest absolute Gasteiger partial charge is 0.487 e. The molecule has 3 rings (SSSR count). The van der Waals surface area contributed by atoms with E-state index >= 15 is 0 Å². The Labute approximate surface area is 156 Å². The molecule has 152 valence electrons. The fraction of sp³-hybridized carbons (Fsp3) is 0.294. The lowest BCUT2D eigenvalue weighted by atomic mass is 9.92. The molecule has 0 radical (unpaired) electrons. The highest BCUT2D eigenvalue weighted by atomic mass is 32.2. The van der Waals surface area contributed by atoms with Gasteiger partial charge in [-0.1, -0.05) is 6.07 Å². The van der Waals surface area contributed by atoms with Gasteiger partial charge in [0.05, 0.1) is 6.10 Å². The van der Waals surface area contributed by atoms with E-state index in [4.69, 9.17) is 4.74 Å². The van der Waals surface area contributed by atoms with Crippen molar-refractivity contribution in [1.82, 2.24) is 0 Å². The summed E-state index contributed by atoms with van der Waals surface area (Å²) >= 11 is 0. The zero-order chi connectivity index (χ0) is 21.0. The first-order valence-corrected chi connectivity index (χ1v) is 9.22. The highest BCUT2D eigenvalue weighted by molar-refractivity contribution is 7.87. The smallest absolute Gasteiger partial charge is 0.339 e. The Kier molecular flexibility index (Phi) is 4.79. The van der Waals surface area contributed by atoms with E-state index in [1.807, 2.05) is 0 Å². The van der Waals surface area contributed by atoms with E-state index in [0.29, 0.717) is 0 Å². The predicted molar refractivity (Wildman–Crippen MR) is 84.8 cm³/mol. The summed E-state index contributed by atoms with van der Waals surface area (Å²) in [5.74, 6) is -14.0. The van der Waals surface area contributed by atoms with Crippen LogP contribution in [0.25, 0.3) is 0 Å². The van der Waals surface area contributed by atoms with Crippen molar-refractivity contribution in [3.05, 3.63) is 52.8 Å². The first-order valence-electron chi connectivity index (χ1n) is 7.81. The van der Waals surface area contributed by atoms with Gasteiger partial charge in [-0.2, -0.15) is 17.2 Å². The van der Waals surface area contributed by atoms with Crippen molar-refractivity contribution in [2.24, 2.45) is 0 Å². The molecule has 11 heteroatoms. The summed E-state index contributed by atoms with van der Waals surface area (Å²) in [5, 5.41) is 10.1. The first-order chi connectivity index (χ1) is 12.8. The maximum atomic E-state index is 13.7. The molecule has 1 aliphatic heterocycles. The van der Waals surface area contributed by atoms with Crippen LogP contribution in [-0.4, -0.2) is 19.1 Å². The van der Waals surface area contributed by atoms with Gasteiger partial charge in [0.1, 0.15) is 16.2 Å². The van der Waals surface area contributed by atoms with Gasteiger partial charge in [0.15, 0.2) is 0 Å². The Balaban J connectivity index is 2.04. The van der Waals surface area contributed by atoms with E-state index in [2.05, 4.69) is 4.18 Å². The first kappa shape index (κ1) is 20.3. The minimum Gasteiger partial charge on any atom is -0.487 e. The van der Waals surface area contributed by atoms with Crippen molar-refractivity contribution < 1.29 is 44.4 Å². The van der Waals surface area contributed by atoms with Gasteiger partial charge in [-0.15, -0.1) is 0 Å². The van der Waals surface area contributed by atoms with Crippen LogP contribution >= 0.6 is 0 Å². The average Bonchev–Trinajstić information content (AvgIpc) is 2.60. The van der Waals surface area contributed by atoms with Crippen molar-refractivity contribution in [3.63, 3.8) is 0 Å². The van der Waals surface area contributed by atoms with Gasteiger partial charge in [0, 0.05) is 18.1 Å².